The number of hydrogen-bond donors (Lipinski definition) is 0. The first-order valence-corrected chi connectivity index (χ1v) is 4.68. The predicted molar refractivity (Wildman–Crippen MR) is 54.8 cm³/mol. The highest BCUT2D eigenvalue weighted by Crippen LogP contribution is 2.31. The van der Waals surface area contributed by atoms with E-state index in [4.69, 9.17) is 0 Å². The molecule has 0 spiro atoms. The second-order valence-electron chi connectivity index (χ2n) is 3.35. The van der Waals surface area contributed by atoms with Crippen molar-refractivity contribution in [2.75, 3.05) is 7.11 Å². The topological polar surface area (TPSA) is 26.3 Å². The first kappa shape index (κ1) is 9.00. The first-order valence-electron chi connectivity index (χ1n) is 4.68. The third-order valence-electron chi connectivity index (χ3n) is 2.52. The minimum absolute atomic E-state index is 0.267. The second kappa shape index (κ2) is 3.66. The molecule has 0 bridgehead atoms. The zero-order chi connectivity index (χ0) is 9.97. The number of carbonyl (C=O) groups is 1. The lowest BCUT2D eigenvalue weighted by atomic mass is 10.1. The molecule has 1 aliphatic carbocycles. The molecule has 0 aromatic heterocycles. The van der Waals surface area contributed by atoms with Gasteiger partial charge in [0.25, 0.3) is 0 Å². The predicted octanol–water partition coefficient (Wildman–Crippen LogP) is 2.19. The van der Waals surface area contributed by atoms with Gasteiger partial charge in [-0.2, -0.15) is 0 Å². The summed E-state index contributed by atoms with van der Waals surface area (Å²) in [5.41, 5.74) is 3.60. The zero-order valence-electron chi connectivity index (χ0n) is 8.12. The number of benzene rings is 1. The van der Waals surface area contributed by atoms with Gasteiger partial charge in [0.2, 0.25) is 0 Å². The second-order valence-corrected chi connectivity index (χ2v) is 3.35. The summed E-state index contributed by atoms with van der Waals surface area (Å²) in [6, 6.07) is 8.18. The van der Waals surface area contributed by atoms with E-state index in [1.807, 2.05) is 12.1 Å². The monoisotopic (exact) mass is 188 g/mol. The number of allylic oxidation sites excluding steroid dienone is 1. The van der Waals surface area contributed by atoms with Crippen molar-refractivity contribution in [1.82, 2.24) is 0 Å². The Hall–Kier alpha value is -1.57. The van der Waals surface area contributed by atoms with Crippen LogP contribution in [0.1, 0.15) is 17.5 Å². The van der Waals surface area contributed by atoms with E-state index < -0.39 is 0 Å². The first-order chi connectivity index (χ1) is 6.81. The number of ether oxygens (including phenoxy) is 1. The Morgan fingerprint density at radius 1 is 1.36 bits per heavy atom. The van der Waals surface area contributed by atoms with Crippen molar-refractivity contribution in [1.29, 1.82) is 0 Å². The van der Waals surface area contributed by atoms with E-state index in [1.54, 1.807) is 6.08 Å². The molecule has 1 aromatic carbocycles. The summed E-state index contributed by atoms with van der Waals surface area (Å²) in [6.45, 7) is 0. The summed E-state index contributed by atoms with van der Waals surface area (Å²) >= 11 is 0. The lowest BCUT2D eigenvalue weighted by molar-refractivity contribution is -0.134. The van der Waals surface area contributed by atoms with Crippen LogP contribution in [-0.2, 0) is 16.0 Å². The number of methoxy groups -OCH3 is 1. The van der Waals surface area contributed by atoms with E-state index in [9.17, 15) is 4.79 Å². The van der Waals surface area contributed by atoms with Gasteiger partial charge in [0.15, 0.2) is 0 Å². The van der Waals surface area contributed by atoms with Crippen LogP contribution in [0, 0.1) is 0 Å². The number of carbonyl (C=O) groups excluding carboxylic acids is 1. The van der Waals surface area contributed by atoms with E-state index in [0.29, 0.717) is 0 Å². The van der Waals surface area contributed by atoms with Gasteiger partial charge in [0.05, 0.1) is 7.11 Å². The fourth-order valence-corrected chi connectivity index (χ4v) is 1.81. The van der Waals surface area contributed by atoms with Crippen LogP contribution in [0.5, 0.6) is 0 Å². The number of fused-ring (bicyclic) bond motifs is 1. The van der Waals surface area contributed by atoms with Crippen molar-refractivity contribution in [3.05, 3.63) is 41.5 Å². The smallest absolute Gasteiger partial charge is 0.330 e. The van der Waals surface area contributed by atoms with Crippen molar-refractivity contribution in [3.63, 3.8) is 0 Å². The number of esters is 1. The number of rotatable bonds is 1. The molecule has 14 heavy (non-hydrogen) atoms. The standard InChI is InChI=1S/C12H12O2/c1-14-12(13)8-10-7-6-9-4-2-3-5-11(9)10/h2-5,8H,6-7H2,1H3/b10-8-. The molecule has 1 aromatic rings. The van der Waals surface area contributed by atoms with E-state index in [-0.39, 0.29) is 5.97 Å². The molecule has 0 aliphatic heterocycles. The van der Waals surface area contributed by atoms with Crippen LogP contribution < -0.4 is 0 Å². The highest BCUT2D eigenvalue weighted by atomic mass is 16.5. The van der Waals surface area contributed by atoms with Crippen molar-refractivity contribution in [2.24, 2.45) is 0 Å². The molecule has 2 nitrogen and oxygen atoms in total. The molecular weight excluding hydrogens is 176 g/mol. The van der Waals surface area contributed by atoms with Gasteiger partial charge in [-0.15, -0.1) is 0 Å². The summed E-state index contributed by atoms with van der Waals surface area (Å²) in [5.74, 6) is -0.267. The molecule has 72 valence electrons. The normalized spacial score (nSPS) is 16.8. The van der Waals surface area contributed by atoms with Crippen LogP contribution in [0.15, 0.2) is 30.3 Å². The van der Waals surface area contributed by atoms with Crippen LogP contribution in [0.2, 0.25) is 0 Å². The number of aryl methyl sites for hydroxylation is 1. The molecule has 2 heteroatoms. The average Bonchev–Trinajstić information content (AvgIpc) is 2.62. The van der Waals surface area contributed by atoms with Crippen LogP contribution >= 0.6 is 0 Å². The minimum atomic E-state index is -0.267. The maximum absolute atomic E-state index is 11.1. The Balaban J connectivity index is 2.35. The van der Waals surface area contributed by atoms with Crippen LogP contribution in [0.4, 0.5) is 0 Å². The lowest BCUT2D eigenvalue weighted by Crippen LogP contribution is -1.95. The molecule has 0 N–H and O–H groups in total. The van der Waals surface area contributed by atoms with E-state index >= 15 is 0 Å². The maximum Gasteiger partial charge on any atom is 0.330 e. The van der Waals surface area contributed by atoms with Gasteiger partial charge in [-0.25, -0.2) is 4.79 Å². The Morgan fingerprint density at radius 3 is 2.93 bits per heavy atom. The summed E-state index contributed by atoms with van der Waals surface area (Å²) in [6.07, 6.45) is 3.55. The van der Waals surface area contributed by atoms with Crippen molar-refractivity contribution < 1.29 is 9.53 Å². The Morgan fingerprint density at radius 2 is 2.14 bits per heavy atom. The fraction of sp³-hybridized carbons (Fsp3) is 0.250. The van der Waals surface area contributed by atoms with Gasteiger partial charge in [0, 0.05) is 6.08 Å². The molecular formula is C12H12O2. The Bertz CT molecular complexity index is 391. The molecule has 0 heterocycles. The Labute approximate surface area is 83.2 Å². The summed E-state index contributed by atoms with van der Waals surface area (Å²) in [5, 5.41) is 0. The quantitative estimate of drug-likeness (QED) is 0.499. The molecule has 0 fully saturated rings. The van der Waals surface area contributed by atoms with E-state index in [0.717, 1.165) is 18.4 Å². The van der Waals surface area contributed by atoms with Crippen LogP contribution in [-0.4, -0.2) is 13.1 Å². The van der Waals surface area contributed by atoms with E-state index in [1.165, 1.54) is 18.2 Å². The molecule has 0 radical (unpaired) electrons. The minimum Gasteiger partial charge on any atom is -0.466 e. The lowest BCUT2D eigenvalue weighted by Gasteiger charge is -1.99. The molecule has 2 rings (SSSR count). The van der Waals surface area contributed by atoms with E-state index in [2.05, 4.69) is 16.9 Å². The third kappa shape index (κ3) is 1.55. The summed E-state index contributed by atoms with van der Waals surface area (Å²) < 4.78 is 4.61. The fourth-order valence-electron chi connectivity index (χ4n) is 1.81. The molecule has 0 atom stereocenters. The highest BCUT2D eigenvalue weighted by Gasteiger charge is 2.15. The van der Waals surface area contributed by atoms with Crippen LogP contribution in [0.25, 0.3) is 5.57 Å². The van der Waals surface area contributed by atoms with Gasteiger partial charge in [-0.05, 0) is 29.5 Å². The summed E-state index contributed by atoms with van der Waals surface area (Å²) in [7, 11) is 1.40. The zero-order valence-corrected chi connectivity index (χ0v) is 8.12. The van der Waals surface area contributed by atoms with Gasteiger partial charge in [0.1, 0.15) is 0 Å². The molecule has 0 unspecified atom stereocenters. The Kier molecular flexibility index (Phi) is 2.35. The van der Waals surface area contributed by atoms with Gasteiger partial charge in [-0.3, -0.25) is 0 Å². The summed E-state index contributed by atoms with van der Waals surface area (Å²) in [4.78, 5) is 11.1. The van der Waals surface area contributed by atoms with Crippen molar-refractivity contribution in [3.8, 4) is 0 Å². The van der Waals surface area contributed by atoms with Crippen molar-refractivity contribution in [2.45, 2.75) is 12.8 Å². The van der Waals surface area contributed by atoms with Gasteiger partial charge >= 0.3 is 5.97 Å². The molecule has 1 aliphatic rings. The van der Waals surface area contributed by atoms with Gasteiger partial charge in [-0.1, -0.05) is 24.3 Å². The molecule has 0 saturated carbocycles. The largest absolute Gasteiger partial charge is 0.466 e. The molecule has 0 amide bonds. The van der Waals surface area contributed by atoms with Crippen LogP contribution in [0.3, 0.4) is 0 Å². The number of hydrogen-bond acceptors (Lipinski definition) is 2. The third-order valence-corrected chi connectivity index (χ3v) is 2.52. The SMILES string of the molecule is COC(=O)/C=C1/CCc2ccccc21. The molecule has 0 saturated heterocycles. The van der Waals surface area contributed by atoms with Crippen molar-refractivity contribution >= 4 is 11.5 Å². The average molecular weight is 188 g/mol. The van der Waals surface area contributed by atoms with Gasteiger partial charge < -0.3 is 4.74 Å². The highest BCUT2D eigenvalue weighted by molar-refractivity contribution is 5.92. The maximum atomic E-state index is 11.1.